The number of hydrogen-bond donors (Lipinski definition) is 2. The van der Waals surface area contributed by atoms with Crippen molar-refractivity contribution in [1.29, 1.82) is 0 Å². The van der Waals surface area contributed by atoms with E-state index in [2.05, 4.69) is 24.4 Å². The minimum atomic E-state index is 0.774. The molecule has 0 unspecified atom stereocenters. The maximum absolute atomic E-state index is 5.37. The summed E-state index contributed by atoms with van der Waals surface area (Å²) in [7, 11) is 0. The normalized spacial score (nSPS) is 10.5. The van der Waals surface area contributed by atoms with Crippen LogP contribution < -0.4 is 11.1 Å². The molecule has 1 aromatic rings. The highest BCUT2D eigenvalue weighted by Gasteiger charge is 1.94. The zero-order valence-corrected chi connectivity index (χ0v) is 8.29. The van der Waals surface area contributed by atoms with Gasteiger partial charge >= 0.3 is 0 Å². The molecule has 0 saturated heterocycles. The van der Waals surface area contributed by atoms with E-state index in [1.807, 2.05) is 11.3 Å². The number of thiophene rings is 1. The molecule has 0 aliphatic heterocycles. The average molecular weight is 184 g/mol. The standard InChI is InChI=1S/C9H16N2S/c1-8-3-4-9(12-8)7-11-6-2-5-10/h3-4,11H,2,5-7,10H2,1H3. The van der Waals surface area contributed by atoms with Crippen LogP contribution in [0.3, 0.4) is 0 Å². The van der Waals surface area contributed by atoms with Crippen molar-refractivity contribution in [2.24, 2.45) is 5.73 Å². The summed E-state index contributed by atoms with van der Waals surface area (Å²) in [5, 5.41) is 3.35. The van der Waals surface area contributed by atoms with Crippen molar-refractivity contribution in [2.45, 2.75) is 19.9 Å². The molecule has 0 bridgehead atoms. The third-order valence-corrected chi connectivity index (χ3v) is 2.65. The Morgan fingerprint density at radius 1 is 1.50 bits per heavy atom. The summed E-state index contributed by atoms with van der Waals surface area (Å²) >= 11 is 1.85. The molecule has 3 N–H and O–H groups in total. The van der Waals surface area contributed by atoms with Gasteiger partial charge in [-0.1, -0.05) is 0 Å². The monoisotopic (exact) mass is 184 g/mol. The van der Waals surface area contributed by atoms with E-state index in [4.69, 9.17) is 5.73 Å². The van der Waals surface area contributed by atoms with Crippen LogP contribution in [-0.2, 0) is 6.54 Å². The molecule has 3 heteroatoms. The van der Waals surface area contributed by atoms with Crippen LogP contribution in [0.2, 0.25) is 0 Å². The molecule has 0 fully saturated rings. The van der Waals surface area contributed by atoms with Crippen molar-refractivity contribution >= 4 is 11.3 Å². The Hall–Kier alpha value is -0.380. The third kappa shape index (κ3) is 3.34. The molecule has 0 atom stereocenters. The first-order valence-electron chi connectivity index (χ1n) is 4.29. The minimum Gasteiger partial charge on any atom is -0.330 e. The molecule has 2 nitrogen and oxygen atoms in total. The minimum absolute atomic E-state index is 0.774. The summed E-state index contributed by atoms with van der Waals surface area (Å²) in [5.41, 5.74) is 5.37. The zero-order valence-electron chi connectivity index (χ0n) is 7.47. The van der Waals surface area contributed by atoms with Gasteiger partial charge in [0.2, 0.25) is 0 Å². The molecule has 0 spiro atoms. The van der Waals surface area contributed by atoms with Gasteiger partial charge in [0.25, 0.3) is 0 Å². The van der Waals surface area contributed by atoms with E-state index >= 15 is 0 Å². The van der Waals surface area contributed by atoms with Crippen molar-refractivity contribution < 1.29 is 0 Å². The van der Waals surface area contributed by atoms with Crippen LogP contribution in [0, 0.1) is 6.92 Å². The Kier molecular flexibility index (Phi) is 4.29. The van der Waals surface area contributed by atoms with Gasteiger partial charge in [-0.2, -0.15) is 0 Å². The molecule has 0 aliphatic carbocycles. The van der Waals surface area contributed by atoms with Crippen LogP contribution in [0.5, 0.6) is 0 Å². The van der Waals surface area contributed by atoms with Gasteiger partial charge in [0.05, 0.1) is 0 Å². The van der Waals surface area contributed by atoms with Crippen LogP contribution in [0.1, 0.15) is 16.2 Å². The Morgan fingerprint density at radius 3 is 2.92 bits per heavy atom. The van der Waals surface area contributed by atoms with Crippen LogP contribution in [-0.4, -0.2) is 13.1 Å². The van der Waals surface area contributed by atoms with Crippen LogP contribution in [0.25, 0.3) is 0 Å². The van der Waals surface area contributed by atoms with Gasteiger partial charge in [-0.05, 0) is 38.6 Å². The summed E-state index contributed by atoms with van der Waals surface area (Å²) < 4.78 is 0. The van der Waals surface area contributed by atoms with E-state index in [1.54, 1.807) is 0 Å². The van der Waals surface area contributed by atoms with Gasteiger partial charge in [-0.25, -0.2) is 0 Å². The van der Waals surface area contributed by atoms with Gasteiger partial charge in [0, 0.05) is 16.3 Å². The molecule has 0 aliphatic rings. The largest absolute Gasteiger partial charge is 0.330 e. The van der Waals surface area contributed by atoms with Crippen molar-refractivity contribution in [2.75, 3.05) is 13.1 Å². The Balaban J connectivity index is 2.15. The molecule has 1 rings (SSSR count). The van der Waals surface area contributed by atoms with Crippen molar-refractivity contribution in [1.82, 2.24) is 5.32 Å². The molecule has 0 saturated carbocycles. The summed E-state index contributed by atoms with van der Waals surface area (Å²) in [4.78, 5) is 2.79. The van der Waals surface area contributed by atoms with Crippen molar-refractivity contribution in [3.05, 3.63) is 21.9 Å². The van der Waals surface area contributed by atoms with Gasteiger partial charge in [-0.3, -0.25) is 0 Å². The highest BCUT2D eigenvalue weighted by Crippen LogP contribution is 2.14. The van der Waals surface area contributed by atoms with E-state index in [-0.39, 0.29) is 0 Å². The van der Waals surface area contributed by atoms with Gasteiger partial charge < -0.3 is 11.1 Å². The number of nitrogens with one attached hydrogen (secondary N) is 1. The molecule has 0 radical (unpaired) electrons. The Morgan fingerprint density at radius 2 is 2.33 bits per heavy atom. The quantitative estimate of drug-likeness (QED) is 0.680. The lowest BCUT2D eigenvalue weighted by Gasteiger charge is -1.99. The maximum atomic E-state index is 5.37. The van der Waals surface area contributed by atoms with Crippen LogP contribution in [0.15, 0.2) is 12.1 Å². The fourth-order valence-electron chi connectivity index (χ4n) is 1.02. The lowest BCUT2D eigenvalue weighted by molar-refractivity contribution is 0.660. The summed E-state index contributed by atoms with van der Waals surface area (Å²) in [5.74, 6) is 0. The highest BCUT2D eigenvalue weighted by atomic mass is 32.1. The highest BCUT2D eigenvalue weighted by molar-refractivity contribution is 7.11. The number of hydrogen-bond acceptors (Lipinski definition) is 3. The number of nitrogens with two attached hydrogens (primary N) is 1. The topological polar surface area (TPSA) is 38.0 Å². The molecular weight excluding hydrogens is 168 g/mol. The lowest BCUT2D eigenvalue weighted by Crippen LogP contribution is -2.16. The lowest BCUT2D eigenvalue weighted by atomic mass is 10.4. The van der Waals surface area contributed by atoms with Gasteiger partial charge in [0.15, 0.2) is 0 Å². The van der Waals surface area contributed by atoms with Crippen LogP contribution >= 0.6 is 11.3 Å². The van der Waals surface area contributed by atoms with E-state index in [1.165, 1.54) is 9.75 Å². The average Bonchev–Trinajstić information content (AvgIpc) is 2.45. The van der Waals surface area contributed by atoms with E-state index in [0.29, 0.717) is 0 Å². The molecule has 0 amide bonds. The Labute approximate surface area is 77.8 Å². The van der Waals surface area contributed by atoms with Crippen molar-refractivity contribution in [3.8, 4) is 0 Å². The summed E-state index contributed by atoms with van der Waals surface area (Å²) in [6, 6.07) is 4.33. The summed E-state index contributed by atoms with van der Waals surface area (Å²) in [6.07, 6.45) is 1.06. The van der Waals surface area contributed by atoms with Crippen LogP contribution in [0.4, 0.5) is 0 Å². The fourth-order valence-corrected chi connectivity index (χ4v) is 1.88. The first kappa shape index (κ1) is 9.71. The molecule has 1 heterocycles. The van der Waals surface area contributed by atoms with E-state index < -0.39 is 0 Å². The SMILES string of the molecule is Cc1ccc(CNCCCN)s1. The predicted octanol–water partition coefficient (Wildman–Crippen LogP) is 1.49. The second kappa shape index (κ2) is 5.30. The second-order valence-corrected chi connectivity index (χ2v) is 4.20. The third-order valence-electron chi connectivity index (χ3n) is 1.65. The number of rotatable bonds is 5. The first-order valence-corrected chi connectivity index (χ1v) is 5.10. The summed E-state index contributed by atoms with van der Waals surface area (Å²) in [6.45, 7) is 4.91. The van der Waals surface area contributed by atoms with Crippen molar-refractivity contribution in [3.63, 3.8) is 0 Å². The molecule has 1 aromatic heterocycles. The van der Waals surface area contributed by atoms with E-state index in [9.17, 15) is 0 Å². The maximum Gasteiger partial charge on any atom is 0.0299 e. The predicted molar refractivity (Wildman–Crippen MR) is 54.4 cm³/mol. The van der Waals surface area contributed by atoms with E-state index in [0.717, 1.165) is 26.1 Å². The molecular formula is C9H16N2S. The van der Waals surface area contributed by atoms with Gasteiger partial charge in [-0.15, -0.1) is 11.3 Å². The molecule has 68 valence electrons. The zero-order chi connectivity index (χ0) is 8.81. The number of aryl methyl sites for hydroxylation is 1. The second-order valence-electron chi connectivity index (χ2n) is 2.83. The smallest absolute Gasteiger partial charge is 0.0299 e. The molecule has 0 aromatic carbocycles. The molecule has 12 heavy (non-hydrogen) atoms. The first-order chi connectivity index (χ1) is 5.83. The Bertz CT molecular complexity index is 220. The fraction of sp³-hybridized carbons (Fsp3) is 0.556. The van der Waals surface area contributed by atoms with Gasteiger partial charge in [0.1, 0.15) is 0 Å².